The van der Waals surface area contributed by atoms with Gasteiger partial charge in [0.1, 0.15) is 0 Å². The van der Waals surface area contributed by atoms with Crippen molar-refractivity contribution < 1.29 is 31.9 Å². The second-order valence-electron chi connectivity index (χ2n) is 7.80. The van der Waals surface area contributed by atoms with E-state index in [1.807, 2.05) is 0 Å². The molecule has 5 rings (SSSR count). The number of nitrogens with one attached hydrogen (secondary N) is 1. The quantitative estimate of drug-likeness (QED) is 0.598. The smallest absolute Gasteiger partial charge is 0.416 e. The van der Waals surface area contributed by atoms with Gasteiger partial charge in [-0.2, -0.15) is 13.2 Å². The topological polar surface area (TPSA) is 89.7 Å². The Morgan fingerprint density at radius 2 is 1.85 bits per heavy atom. The SMILES string of the molecule is O=C(Nc1ccc(C(F)(F)F)cc1)N1CCCC(c2nnc(-c3ccc4c(c3)OCO4)o2)C1. The first-order valence-corrected chi connectivity index (χ1v) is 10.3. The molecule has 33 heavy (non-hydrogen) atoms. The standard InChI is InChI=1S/C22H19F3N4O4/c23-22(24,25)15-4-6-16(7-5-15)26-21(30)29-9-1-2-14(11-29)20-28-27-19(33-20)13-3-8-17-18(10-13)32-12-31-17/h3-8,10,14H,1-2,9,11-12H2,(H,26,30). The van der Waals surface area contributed by atoms with Gasteiger partial charge in [0.05, 0.1) is 11.5 Å². The molecule has 3 aromatic rings. The highest BCUT2D eigenvalue weighted by Crippen LogP contribution is 2.36. The van der Waals surface area contributed by atoms with Crippen LogP contribution < -0.4 is 14.8 Å². The molecule has 11 heteroatoms. The predicted octanol–water partition coefficient (Wildman–Crippen LogP) is 4.90. The van der Waals surface area contributed by atoms with Crippen molar-refractivity contribution in [3.8, 4) is 23.0 Å². The van der Waals surface area contributed by atoms with Crippen molar-refractivity contribution in [2.45, 2.75) is 24.9 Å². The molecule has 1 atom stereocenters. The first kappa shape index (κ1) is 21.1. The van der Waals surface area contributed by atoms with Crippen molar-refractivity contribution in [3.63, 3.8) is 0 Å². The molecule has 1 fully saturated rings. The van der Waals surface area contributed by atoms with E-state index in [0.717, 1.165) is 25.0 Å². The van der Waals surface area contributed by atoms with Gasteiger partial charge in [0, 0.05) is 24.3 Å². The number of anilines is 1. The zero-order valence-electron chi connectivity index (χ0n) is 17.3. The molecule has 0 saturated carbocycles. The maximum Gasteiger partial charge on any atom is 0.416 e. The summed E-state index contributed by atoms with van der Waals surface area (Å²) in [6.07, 6.45) is -2.92. The van der Waals surface area contributed by atoms with Gasteiger partial charge in [-0.25, -0.2) is 4.79 Å². The number of benzene rings is 2. The largest absolute Gasteiger partial charge is 0.454 e. The van der Waals surface area contributed by atoms with Gasteiger partial charge in [-0.3, -0.25) is 0 Å². The fourth-order valence-corrected chi connectivity index (χ4v) is 3.85. The van der Waals surface area contributed by atoms with Gasteiger partial charge in [-0.1, -0.05) is 0 Å². The normalized spacial score (nSPS) is 17.8. The van der Waals surface area contributed by atoms with Crippen LogP contribution in [0.1, 0.15) is 30.2 Å². The highest BCUT2D eigenvalue weighted by Gasteiger charge is 2.31. The second kappa shape index (κ2) is 8.30. The summed E-state index contributed by atoms with van der Waals surface area (Å²) in [7, 11) is 0. The van der Waals surface area contributed by atoms with E-state index in [1.165, 1.54) is 12.1 Å². The first-order valence-electron chi connectivity index (χ1n) is 10.3. The Bertz CT molecular complexity index is 1160. The van der Waals surface area contributed by atoms with Crippen molar-refractivity contribution in [2.24, 2.45) is 0 Å². The van der Waals surface area contributed by atoms with Crippen LogP contribution >= 0.6 is 0 Å². The lowest BCUT2D eigenvalue weighted by Gasteiger charge is -2.31. The average Bonchev–Trinajstić information content (AvgIpc) is 3.48. The molecule has 172 valence electrons. The Balaban J connectivity index is 1.24. The van der Waals surface area contributed by atoms with Crippen molar-refractivity contribution in [1.82, 2.24) is 15.1 Å². The van der Waals surface area contributed by atoms with Crippen molar-refractivity contribution in [1.29, 1.82) is 0 Å². The second-order valence-corrected chi connectivity index (χ2v) is 7.80. The van der Waals surface area contributed by atoms with Crippen LogP contribution in [0.15, 0.2) is 46.9 Å². The molecule has 0 bridgehead atoms. The molecule has 2 aromatic carbocycles. The van der Waals surface area contributed by atoms with Crippen LogP contribution in [0.4, 0.5) is 23.7 Å². The third kappa shape index (κ3) is 4.43. The number of fused-ring (bicyclic) bond motifs is 1. The molecule has 1 N–H and O–H groups in total. The van der Waals surface area contributed by atoms with Crippen LogP contribution in [0.2, 0.25) is 0 Å². The molecule has 0 radical (unpaired) electrons. The fraction of sp³-hybridized carbons (Fsp3) is 0.318. The Morgan fingerprint density at radius 3 is 2.64 bits per heavy atom. The third-order valence-electron chi connectivity index (χ3n) is 5.58. The monoisotopic (exact) mass is 460 g/mol. The molecule has 2 amide bonds. The number of ether oxygens (including phenoxy) is 2. The minimum atomic E-state index is -4.42. The van der Waals surface area contributed by atoms with E-state index in [1.54, 1.807) is 23.1 Å². The number of piperidine rings is 1. The van der Waals surface area contributed by atoms with Crippen molar-refractivity contribution in [2.75, 3.05) is 25.2 Å². The van der Waals surface area contributed by atoms with E-state index in [4.69, 9.17) is 13.9 Å². The highest BCUT2D eigenvalue weighted by atomic mass is 19.4. The number of likely N-dealkylation sites (tertiary alicyclic amines) is 1. The minimum Gasteiger partial charge on any atom is -0.454 e. The highest BCUT2D eigenvalue weighted by molar-refractivity contribution is 5.89. The Hall–Kier alpha value is -3.76. The van der Waals surface area contributed by atoms with Crippen molar-refractivity contribution >= 4 is 11.7 Å². The average molecular weight is 460 g/mol. The van der Waals surface area contributed by atoms with E-state index < -0.39 is 17.8 Å². The van der Waals surface area contributed by atoms with Gasteiger partial charge in [0.15, 0.2) is 11.5 Å². The Labute approximate surface area is 186 Å². The predicted molar refractivity (Wildman–Crippen MR) is 110 cm³/mol. The summed E-state index contributed by atoms with van der Waals surface area (Å²) in [5, 5.41) is 10.9. The maximum atomic E-state index is 12.7. The van der Waals surface area contributed by atoms with E-state index >= 15 is 0 Å². The summed E-state index contributed by atoms with van der Waals surface area (Å²) < 4.78 is 54.7. The number of carbonyl (C=O) groups excluding carboxylic acids is 1. The van der Waals surface area contributed by atoms with Gasteiger partial charge in [0.25, 0.3) is 0 Å². The first-order chi connectivity index (χ1) is 15.9. The third-order valence-corrected chi connectivity index (χ3v) is 5.58. The zero-order valence-corrected chi connectivity index (χ0v) is 17.3. The molecule has 8 nitrogen and oxygen atoms in total. The number of hydrogen-bond acceptors (Lipinski definition) is 6. The number of aromatic nitrogens is 2. The molecule has 3 heterocycles. The number of halogens is 3. The number of nitrogens with zero attached hydrogens (tertiary/aromatic N) is 3. The van der Waals surface area contributed by atoms with Crippen LogP contribution in [0.5, 0.6) is 11.5 Å². The number of alkyl halides is 3. The molecule has 1 unspecified atom stereocenters. The molecular formula is C22H19F3N4O4. The Morgan fingerprint density at radius 1 is 1.06 bits per heavy atom. The van der Waals surface area contributed by atoms with E-state index in [9.17, 15) is 18.0 Å². The summed E-state index contributed by atoms with van der Waals surface area (Å²) >= 11 is 0. The number of hydrogen-bond donors (Lipinski definition) is 1. The van der Waals surface area contributed by atoms with Gasteiger partial charge in [0.2, 0.25) is 18.6 Å². The number of urea groups is 1. The van der Waals surface area contributed by atoms with Crippen LogP contribution in [0.25, 0.3) is 11.5 Å². The van der Waals surface area contributed by atoms with Gasteiger partial charge >= 0.3 is 12.2 Å². The van der Waals surface area contributed by atoms with E-state index in [-0.39, 0.29) is 18.4 Å². The van der Waals surface area contributed by atoms with E-state index in [0.29, 0.717) is 41.9 Å². The lowest BCUT2D eigenvalue weighted by Crippen LogP contribution is -2.41. The van der Waals surface area contributed by atoms with Crippen LogP contribution in [-0.4, -0.2) is 41.0 Å². The summed E-state index contributed by atoms with van der Waals surface area (Å²) in [6.45, 7) is 1.04. The summed E-state index contributed by atoms with van der Waals surface area (Å²) in [5.74, 6) is 1.88. The lowest BCUT2D eigenvalue weighted by molar-refractivity contribution is -0.137. The number of amides is 2. The molecule has 0 aliphatic carbocycles. The summed E-state index contributed by atoms with van der Waals surface area (Å²) in [4.78, 5) is 14.3. The van der Waals surface area contributed by atoms with Gasteiger partial charge < -0.3 is 24.1 Å². The fourth-order valence-electron chi connectivity index (χ4n) is 3.85. The maximum absolute atomic E-state index is 12.7. The molecule has 2 aliphatic heterocycles. The minimum absolute atomic E-state index is 0.146. The molecule has 0 spiro atoms. The van der Waals surface area contributed by atoms with Gasteiger partial charge in [-0.05, 0) is 55.3 Å². The van der Waals surface area contributed by atoms with Crippen LogP contribution in [0.3, 0.4) is 0 Å². The number of carbonyl (C=O) groups is 1. The summed E-state index contributed by atoms with van der Waals surface area (Å²) in [5.41, 5.74) is 0.219. The van der Waals surface area contributed by atoms with Crippen molar-refractivity contribution in [3.05, 3.63) is 53.9 Å². The molecular weight excluding hydrogens is 441 g/mol. The van der Waals surface area contributed by atoms with E-state index in [2.05, 4.69) is 15.5 Å². The molecule has 1 saturated heterocycles. The zero-order chi connectivity index (χ0) is 23.0. The van der Waals surface area contributed by atoms with Gasteiger partial charge in [-0.15, -0.1) is 10.2 Å². The molecule has 1 aromatic heterocycles. The Kier molecular flexibility index (Phi) is 5.31. The number of rotatable bonds is 3. The van der Waals surface area contributed by atoms with Crippen LogP contribution in [0, 0.1) is 0 Å². The molecule has 2 aliphatic rings. The van der Waals surface area contributed by atoms with Crippen LogP contribution in [-0.2, 0) is 6.18 Å². The lowest BCUT2D eigenvalue weighted by atomic mass is 9.98. The summed E-state index contributed by atoms with van der Waals surface area (Å²) in [6, 6.07) is 9.29.